The van der Waals surface area contributed by atoms with Crippen LogP contribution in [0.1, 0.15) is 13.2 Å². The molecule has 0 saturated carbocycles. The molecule has 8 heteroatoms. The van der Waals surface area contributed by atoms with Gasteiger partial charge < -0.3 is 25.3 Å². The number of ether oxygens (including phenoxy) is 1. The standard InChI is InChI=1S/C12H15FN4O3/c1-12(13)8(19)7(4-18)20-11(12)17-3-2-6-9(14)15-5-16-10(6)17/h2-3,5,7-8,11,18-19H,4H2,1H3,(H2,14,15,16)/t7-,8-,11+,12-/m1/s1. The van der Waals surface area contributed by atoms with Gasteiger partial charge in [0.05, 0.1) is 12.0 Å². The van der Waals surface area contributed by atoms with Crippen LogP contribution >= 0.6 is 0 Å². The van der Waals surface area contributed by atoms with Crippen LogP contribution in [-0.4, -0.2) is 49.2 Å². The van der Waals surface area contributed by atoms with Crippen LogP contribution in [0, 0.1) is 0 Å². The maximum atomic E-state index is 14.7. The number of fused-ring (bicyclic) bond motifs is 1. The summed E-state index contributed by atoms with van der Waals surface area (Å²) < 4.78 is 21.6. The summed E-state index contributed by atoms with van der Waals surface area (Å²) in [5.41, 5.74) is 4.09. The van der Waals surface area contributed by atoms with Gasteiger partial charge in [-0.25, -0.2) is 14.4 Å². The molecule has 3 rings (SSSR count). The molecule has 20 heavy (non-hydrogen) atoms. The Balaban J connectivity index is 2.10. The lowest BCUT2D eigenvalue weighted by Crippen LogP contribution is -2.40. The van der Waals surface area contributed by atoms with Crippen LogP contribution in [0.5, 0.6) is 0 Å². The van der Waals surface area contributed by atoms with Crippen LogP contribution < -0.4 is 5.73 Å². The quantitative estimate of drug-likeness (QED) is 0.715. The van der Waals surface area contributed by atoms with Gasteiger partial charge >= 0.3 is 0 Å². The molecule has 0 aliphatic carbocycles. The molecule has 0 bridgehead atoms. The second-order valence-corrected chi connectivity index (χ2v) is 5.02. The zero-order chi connectivity index (χ0) is 14.5. The minimum atomic E-state index is -2.06. The molecule has 1 aliphatic heterocycles. The molecule has 108 valence electrons. The highest BCUT2D eigenvalue weighted by Crippen LogP contribution is 2.42. The molecule has 7 nitrogen and oxygen atoms in total. The van der Waals surface area contributed by atoms with Gasteiger partial charge in [0.1, 0.15) is 30.0 Å². The maximum absolute atomic E-state index is 14.7. The summed E-state index contributed by atoms with van der Waals surface area (Å²) in [5.74, 6) is 0.284. The zero-order valence-electron chi connectivity index (χ0n) is 10.8. The highest BCUT2D eigenvalue weighted by Gasteiger charge is 2.54. The molecule has 0 amide bonds. The number of nitrogens with zero attached hydrogens (tertiary/aromatic N) is 3. The lowest BCUT2D eigenvalue weighted by atomic mass is 9.98. The Morgan fingerprint density at radius 3 is 2.95 bits per heavy atom. The van der Waals surface area contributed by atoms with Crippen LogP contribution in [0.4, 0.5) is 10.2 Å². The normalized spacial score (nSPS) is 33.9. The smallest absolute Gasteiger partial charge is 0.181 e. The van der Waals surface area contributed by atoms with Crippen molar-refractivity contribution in [1.29, 1.82) is 0 Å². The maximum Gasteiger partial charge on any atom is 0.181 e. The van der Waals surface area contributed by atoms with Gasteiger partial charge in [-0.2, -0.15) is 0 Å². The monoisotopic (exact) mass is 282 g/mol. The van der Waals surface area contributed by atoms with Crippen LogP contribution in [0.15, 0.2) is 18.6 Å². The molecule has 1 saturated heterocycles. The number of anilines is 1. The minimum Gasteiger partial charge on any atom is -0.394 e. The van der Waals surface area contributed by atoms with Gasteiger partial charge in [-0.1, -0.05) is 0 Å². The SMILES string of the molecule is C[C@@]1(F)[C@H](O)[C@@H](CO)O[C@@H]1n1ccc2c(N)ncnc21. The van der Waals surface area contributed by atoms with Gasteiger partial charge in [-0.3, -0.25) is 0 Å². The van der Waals surface area contributed by atoms with Crippen molar-refractivity contribution >= 4 is 16.9 Å². The summed E-state index contributed by atoms with van der Waals surface area (Å²) in [6.45, 7) is 0.766. The van der Waals surface area contributed by atoms with Crippen LogP contribution in [0.25, 0.3) is 11.0 Å². The first-order chi connectivity index (χ1) is 9.46. The van der Waals surface area contributed by atoms with Crippen molar-refractivity contribution in [2.75, 3.05) is 12.3 Å². The highest BCUT2D eigenvalue weighted by molar-refractivity contribution is 5.86. The molecule has 4 N–H and O–H groups in total. The average molecular weight is 282 g/mol. The molecule has 4 atom stereocenters. The Kier molecular flexibility index (Phi) is 2.89. The number of aromatic nitrogens is 3. The van der Waals surface area contributed by atoms with E-state index in [-0.39, 0.29) is 5.82 Å². The van der Waals surface area contributed by atoms with Gasteiger partial charge in [0.2, 0.25) is 0 Å². The first-order valence-corrected chi connectivity index (χ1v) is 6.17. The third-order valence-electron chi connectivity index (χ3n) is 3.69. The van der Waals surface area contributed by atoms with Gasteiger partial charge in [-0.15, -0.1) is 0 Å². The fourth-order valence-corrected chi connectivity index (χ4v) is 2.54. The Morgan fingerprint density at radius 2 is 2.30 bits per heavy atom. The van der Waals surface area contributed by atoms with E-state index in [1.807, 2.05) is 0 Å². The van der Waals surface area contributed by atoms with Crippen molar-refractivity contribution in [3.63, 3.8) is 0 Å². The number of nitrogens with two attached hydrogens (primary N) is 1. The number of aliphatic hydroxyl groups excluding tert-OH is 2. The van der Waals surface area contributed by atoms with E-state index in [1.54, 1.807) is 12.3 Å². The fraction of sp³-hybridized carbons (Fsp3) is 0.500. The Hall–Kier alpha value is -1.77. The molecule has 0 aromatic carbocycles. The molecule has 1 fully saturated rings. The predicted molar refractivity (Wildman–Crippen MR) is 68.5 cm³/mol. The molecule has 3 heterocycles. The zero-order valence-corrected chi connectivity index (χ0v) is 10.8. The molecule has 2 aromatic heterocycles. The Labute approximate surface area is 113 Å². The Morgan fingerprint density at radius 1 is 1.55 bits per heavy atom. The summed E-state index contributed by atoms with van der Waals surface area (Å²) >= 11 is 0. The number of nitrogen functional groups attached to an aromatic ring is 1. The van der Waals surface area contributed by atoms with E-state index in [0.29, 0.717) is 11.0 Å². The van der Waals surface area contributed by atoms with E-state index < -0.39 is 30.7 Å². The van der Waals surface area contributed by atoms with Crippen molar-refractivity contribution < 1.29 is 19.3 Å². The lowest BCUT2D eigenvalue weighted by molar-refractivity contribution is -0.0564. The average Bonchev–Trinajstić information content (AvgIpc) is 2.92. The van der Waals surface area contributed by atoms with Crippen molar-refractivity contribution in [2.24, 2.45) is 0 Å². The number of alkyl halides is 1. The molecule has 0 spiro atoms. The van der Waals surface area contributed by atoms with E-state index >= 15 is 0 Å². The second kappa shape index (κ2) is 4.37. The molecular weight excluding hydrogens is 267 g/mol. The summed E-state index contributed by atoms with van der Waals surface area (Å²) in [7, 11) is 0. The molecule has 0 radical (unpaired) electrons. The number of halogens is 1. The van der Waals surface area contributed by atoms with Crippen LogP contribution in [0.2, 0.25) is 0 Å². The van der Waals surface area contributed by atoms with Gasteiger partial charge in [0.15, 0.2) is 11.9 Å². The van der Waals surface area contributed by atoms with Crippen molar-refractivity contribution in [1.82, 2.24) is 14.5 Å². The van der Waals surface area contributed by atoms with Gasteiger partial charge in [-0.05, 0) is 13.0 Å². The molecular formula is C12H15FN4O3. The summed E-state index contributed by atoms with van der Waals surface area (Å²) in [4.78, 5) is 7.93. The highest BCUT2D eigenvalue weighted by atomic mass is 19.1. The number of hydrogen-bond acceptors (Lipinski definition) is 6. The van der Waals surface area contributed by atoms with Gasteiger partial charge in [0, 0.05) is 6.20 Å². The fourth-order valence-electron chi connectivity index (χ4n) is 2.54. The summed E-state index contributed by atoms with van der Waals surface area (Å²) in [5, 5.41) is 19.6. The van der Waals surface area contributed by atoms with Crippen molar-refractivity contribution in [2.45, 2.75) is 31.0 Å². The predicted octanol–water partition coefficient (Wildman–Crippen LogP) is -0.00770. The van der Waals surface area contributed by atoms with Crippen molar-refractivity contribution in [3.8, 4) is 0 Å². The number of rotatable bonds is 2. The van der Waals surface area contributed by atoms with E-state index in [2.05, 4.69) is 9.97 Å². The van der Waals surface area contributed by atoms with E-state index in [4.69, 9.17) is 15.6 Å². The summed E-state index contributed by atoms with van der Waals surface area (Å²) in [6.07, 6.45) is -0.647. The first-order valence-electron chi connectivity index (χ1n) is 6.17. The van der Waals surface area contributed by atoms with E-state index in [0.717, 1.165) is 0 Å². The van der Waals surface area contributed by atoms with Crippen molar-refractivity contribution in [3.05, 3.63) is 18.6 Å². The largest absolute Gasteiger partial charge is 0.394 e. The van der Waals surface area contributed by atoms with Crippen LogP contribution in [-0.2, 0) is 4.74 Å². The topological polar surface area (TPSA) is 106 Å². The number of hydrogen-bond donors (Lipinski definition) is 3. The summed E-state index contributed by atoms with van der Waals surface area (Å²) in [6, 6.07) is 1.66. The molecule has 0 unspecified atom stereocenters. The number of aliphatic hydroxyl groups is 2. The first kappa shape index (κ1) is 13.2. The third-order valence-corrected chi connectivity index (χ3v) is 3.69. The minimum absolute atomic E-state index is 0.284. The Bertz CT molecular complexity index is 645. The van der Waals surface area contributed by atoms with Gasteiger partial charge in [0.25, 0.3) is 0 Å². The van der Waals surface area contributed by atoms with Crippen LogP contribution in [0.3, 0.4) is 0 Å². The molecule has 1 aliphatic rings. The molecule has 2 aromatic rings. The second-order valence-electron chi connectivity index (χ2n) is 5.02. The third kappa shape index (κ3) is 1.69. The van der Waals surface area contributed by atoms with E-state index in [9.17, 15) is 9.50 Å². The lowest BCUT2D eigenvalue weighted by Gasteiger charge is -2.25. The van der Waals surface area contributed by atoms with E-state index in [1.165, 1.54) is 17.8 Å².